The Balaban J connectivity index is 1.40. The molecule has 1 N–H and O–H groups in total. The van der Waals surface area contributed by atoms with E-state index in [2.05, 4.69) is 21.9 Å². The normalized spacial score (nSPS) is 16.9. The van der Waals surface area contributed by atoms with Crippen LogP contribution >= 0.6 is 11.6 Å². The molecule has 0 aliphatic carbocycles. The summed E-state index contributed by atoms with van der Waals surface area (Å²) < 4.78 is 45.3. The number of methoxy groups -OCH3 is 2. The van der Waals surface area contributed by atoms with Gasteiger partial charge in [-0.25, -0.2) is 13.8 Å². The summed E-state index contributed by atoms with van der Waals surface area (Å²) in [6, 6.07) is 4.98. The van der Waals surface area contributed by atoms with Crippen molar-refractivity contribution in [3.63, 3.8) is 0 Å². The average Bonchev–Trinajstić information content (AvgIpc) is 2.99. The number of rotatable bonds is 12. The summed E-state index contributed by atoms with van der Waals surface area (Å²) in [4.78, 5) is 38.5. The number of piperidine rings is 1. The van der Waals surface area contributed by atoms with Crippen LogP contribution in [0.1, 0.15) is 12.8 Å². The predicted octanol–water partition coefficient (Wildman–Crippen LogP) is 3.69. The molecular weight excluding hydrogens is 598 g/mol. The lowest BCUT2D eigenvalue weighted by atomic mass is 10.0. The molecule has 2 aliphatic rings. The first-order valence-electron chi connectivity index (χ1n) is 14.3. The van der Waals surface area contributed by atoms with Gasteiger partial charge < -0.3 is 29.3 Å². The summed E-state index contributed by atoms with van der Waals surface area (Å²) in [5, 5.41) is 4.00. The Bertz CT molecular complexity index is 1590. The van der Waals surface area contributed by atoms with Crippen LogP contribution in [0.15, 0.2) is 41.8 Å². The number of alkyl halides is 2. The molecule has 236 valence electrons. The van der Waals surface area contributed by atoms with Crippen molar-refractivity contribution in [1.82, 2.24) is 24.3 Å². The van der Waals surface area contributed by atoms with Crippen molar-refractivity contribution < 1.29 is 27.8 Å². The molecule has 0 unspecified atom stereocenters. The molecule has 44 heavy (non-hydrogen) atoms. The standard InChI is InChI=1S/C30H35ClF2N6O5/c1-4-25(40)38-17-21(18-38)44-12-11-39-27-19(13-23(28(39)41)22-14-20(42-2)15-24(43-3)26(22)31)16-35-29(36-27)34-7-10-37-8-5-30(32,33)6-9-37/h4,13-16,21H,1,5-12,17-18H2,2-3H3,(H,34,35,36). The van der Waals surface area contributed by atoms with E-state index < -0.39 is 5.92 Å². The first kappa shape index (κ1) is 31.6. The smallest absolute Gasteiger partial charge is 0.260 e. The van der Waals surface area contributed by atoms with E-state index in [4.69, 9.17) is 25.8 Å². The highest BCUT2D eigenvalue weighted by atomic mass is 35.5. The number of hydrogen-bond donors (Lipinski definition) is 1. The molecule has 0 saturated carbocycles. The van der Waals surface area contributed by atoms with Crippen molar-refractivity contribution in [2.45, 2.75) is 31.4 Å². The number of hydrogen-bond acceptors (Lipinski definition) is 9. The fraction of sp³-hybridized carbons (Fsp3) is 0.467. The molecule has 5 rings (SSSR count). The number of ether oxygens (including phenoxy) is 3. The minimum Gasteiger partial charge on any atom is -0.497 e. The second-order valence-corrected chi connectivity index (χ2v) is 11.1. The zero-order valence-electron chi connectivity index (χ0n) is 24.7. The Morgan fingerprint density at radius 2 is 1.91 bits per heavy atom. The Morgan fingerprint density at radius 3 is 2.59 bits per heavy atom. The van der Waals surface area contributed by atoms with Gasteiger partial charge >= 0.3 is 0 Å². The van der Waals surface area contributed by atoms with E-state index in [0.717, 1.165) is 0 Å². The van der Waals surface area contributed by atoms with E-state index in [1.165, 1.54) is 24.9 Å². The maximum atomic E-state index is 14.0. The number of fused-ring (bicyclic) bond motifs is 1. The largest absolute Gasteiger partial charge is 0.497 e. The van der Waals surface area contributed by atoms with Gasteiger partial charge in [-0.15, -0.1) is 0 Å². The molecule has 2 aliphatic heterocycles. The molecule has 1 amide bonds. The van der Waals surface area contributed by atoms with Crippen molar-refractivity contribution in [2.75, 3.05) is 65.4 Å². The fourth-order valence-electron chi connectivity index (χ4n) is 5.27. The second kappa shape index (κ2) is 13.4. The van der Waals surface area contributed by atoms with E-state index in [0.29, 0.717) is 78.9 Å². The SMILES string of the molecule is C=CC(=O)N1CC(OCCn2c(=O)c(-c3cc(OC)cc(OC)c3Cl)cc3cnc(NCCN4CCC(F)(F)CC4)nc32)C1. The summed E-state index contributed by atoms with van der Waals surface area (Å²) >= 11 is 6.65. The zero-order valence-corrected chi connectivity index (χ0v) is 25.4. The van der Waals surface area contributed by atoms with Gasteiger partial charge in [0.15, 0.2) is 0 Å². The van der Waals surface area contributed by atoms with Gasteiger partial charge in [-0.1, -0.05) is 18.2 Å². The third kappa shape index (κ3) is 6.95. The van der Waals surface area contributed by atoms with Crippen LogP contribution in [0.3, 0.4) is 0 Å². The molecule has 4 heterocycles. The van der Waals surface area contributed by atoms with Crippen molar-refractivity contribution >= 4 is 34.5 Å². The summed E-state index contributed by atoms with van der Waals surface area (Å²) in [5.74, 6) is -1.63. The first-order chi connectivity index (χ1) is 21.1. The highest BCUT2D eigenvalue weighted by Crippen LogP contribution is 2.38. The Hall–Kier alpha value is -3.81. The van der Waals surface area contributed by atoms with Crippen LogP contribution in [-0.4, -0.2) is 102 Å². The molecule has 3 aromatic rings. The van der Waals surface area contributed by atoms with Gasteiger partial charge in [-0.2, -0.15) is 4.98 Å². The number of halogens is 3. The third-order valence-electron chi connectivity index (χ3n) is 7.89. The van der Waals surface area contributed by atoms with Crippen molar-refractivity contribution in [1.29, 1.82) is 0 Å². The minimum atomic E-state index is -2.60. The van der Waals surface area contributed by atoms with Crippen LogP contribution in [0.5, 0.6) is 11.5 Å². The number of amides is 1. The van der Waals surface area contributed by atoms with Crippen molar-refractivity contribution in [2.24, 2.45) is 0 Å². The number of nitrogens with zero attached hydrogens (tertiary/aromatic N) is 5. The highest BCUT2D eigenvalue weighted by Gasteiger charge is 2.33. The molecular formula is C30H35ClF2N6O5. The van der Waals surface area contributed by atoms with E-state index in [-0.39, 0.29) is 48.6 Å². The van der Waals surface area contributed by atoms with Crippen LogP contribution < -0.4 is 20.3 Å². The summed E-state index contributed by atoms with van der Waals surface area (Å²) in [5.41, 5.74) is 0.767. The predicted molar refractivity (Wildman–Crippen MR) is 163 cm³/mol. The molecule has 2 fully saturated rings. The van der Waals surface area contributed by atoms with Crippen LogP contribution in [0.2, 0.25) is 5.02 Å². The van der Waals surface area contributed by atoms with E-state index >= 15 is 0 Å². The fourth-order valence-corrected chi connectivity index (χ4v) is 5.56. The lowest BCUT2D eigenvalue weighted by Gasteiger charge is -2.38. The average molecular weight is 633 g/mol. The van der Waals surface area contributed by atoms with Gasteiger partial charge in [0.05, 0.1) is 38.5 Å². The zero-order chi connectivity index (χ0) is 31.4. The quantitative estimate of drug-likeness (QED) is 0.299. The summed E-state index contributed by atoms with van der Waals surface area (Å²) in [6.45, 7) is 6.43. The molecule has 1 aromatic carbocycles. The lowest BCUT2D eigenvalue weighted by molar-refractivity contribution is -0.139. The maximum Gasteiger partial charge on any atom is 0.260 e. The number of likely N-dealkylation sites (tertiary alicyclic amines) is 2. The van der Waals surface area contributed by atoms with Gasteiger partial charge in [0, 0.05) is 80.9 Å². The molecule has 2 aromatic heterocycles. The second-order valence-electron chi connectivity index (χ2n) is 10.7. The minimum absolute atomic E-state index is 0.150. The molecule has 0 radical (unpaired) electrons. The monoisotopic (exact) mass is 632 g/mol. The van der Waals surface area contributed by atoms with Gasteiger partial charge in [0.25, 0.3) is 11.5 Å². The molecule has 0 spiro atoms. The molecule has 0 bridgehead atoms. The number of anilines is 1. The highest BCUT2D eigenvalue weighted by molar-refractivity contribution is 6.35. The van der Waals surface area contributed by atoms with Crippen LogP contribution in [0.4, 0.5) is 14.7 Å². The number of nitrogens with one attached hydrogen (secondary N) is 1. The van der Waals surface area contributed by atoms with Crippen molar-refractivity contribution in [3.8, 4) is 22.6 Å². The molecule has 11 nitrogen and oxygen atoms in total. The van der Waals surface area contributed by atoms with Gasteiger partial charge in [0.1, 0.15) is 17.1 Å². The number of carbonyl (C=O) groups is 1. The number of pyridine rings is 1. The Morgan fingerprint density at radius 1 is 1.16 bits per heavy atom. The third-order valence-corrected chi connectivity index (χ3v) is 8.28. The Labute approximate surface area is 258 Å². The van der Waals surface area contributed by atoms with Crippen molar-refractivity contribution in [3.05, 3.63) is 52.4 Å². The van der Waals surface area contributed by atoms with Crippen LogP contribution in [0, 0.1) is 0 Å². The van der Waals surface area contributed by atoms with Gasteiger partial charge in [-0.3, -0.25) is 14.2 Å². The van der Waals surface area contributed by atoms with Crippen LogP contribution in [-0.2, 0) is 16.1 Å². The molecule has 0 atom stereocenters. The number of aromatic nitrogens is 3. The Kier molecular flexibility index (Phi) is 9.66. The number of benzene rings is 1. The first-order valence-corrected chi connectivity index (χ1v) is 14.7. The summed E-state index contributed by atoms with van der Waals surface area (Å²) in [6.07, 6.45) is 2.43. The molecule has 2 saturated heterocycles. The van der Waals surface area contributed by atoms with E-state index in [1.54, 1.807) is 29.3 Å². The lowest BCUT2D eigenvalue weighted by Crippen LogP contribution is -2.54. The van der Waals surface area contributed by atoms with Gasteiger partial charge in [0.2, 0.25) is 11.9 Å². The van der Waals surface area contributed by atoms with E-state index in [1.807, 2.05) is 4.90 Å². The van der Waals surface area contributed by atoms with Crippen LogP contribution in [0.25, 0.3) is 22.2 Å². The topological polar surface area (TPSA) is 111 Å². The number of carbonyl (C=O) groups excluding carboxylic acids is 1. The van der Waals surface area contributed by atoms with Gasteiger partial charge in [-0.05, 0) is 18.2 Å². The molecule has 14 heteroatoms. The van der Waals surface area contributed by atoms with E-state index in [9.17, 15) is 18.4 Å². The summed E-state index contributed by atoms with van der Waals surface area (Å²) in [7, 11) is 2.99. The maximum absolute atomic E-state index is 14.0.